The zero-order chi connectivity index (χ0) is 14.5. The van der Waals surface area contributed by atoms with Crippen molar-refractivity contribution in [3.05, 3.63) is 52.0 Å². The Bertz CT molecular complexity index is 617. The first-order valence-electron chi connectivity index (χ1n) is 5.78. The fourth-order valence-electron chi connectivity index (χ4n) is 1.51. The summed E-state index contributed by atoms with van der Waals surface area (Å²) in [5.74, 6) is 0.328. The van der Waals surface area contributed by atoms with Crippen molar-refractivity contribution in [1.82, 2.24) is 0 Å². The normalized spacial score (nSPS) is 10.1. The fraction of sp³-hybridized carbons (Fsp3) is 0.0714. The van der Waals surface area contributed by atoms with Gasteiger partial charge in [-0.15, -0.1) is 0 Å². The fourth-order valence-corrected chi connectivity index (χ4v) is 1.96. The van der Waals surface area contributed by atoms with Gasteiger partial charge in [-0.05, 0) is 42.5 Å². The number of carbonyl (C=O) groups excluding carboxylic acids is 1. The van der Waals surface area contributed by atoms with E-state index in [1.165, 1.54) is 0 Å². The van der Waals surface area contributed by atoms with E-state index >= 15 is 0 Å². The zero-order valence-electron chi connectivity index (χ0n) is 10.4. The third kappa shape index (κ3) is 4.15. The number of hydrogen-bond donors (Lipinski definition) is 2. The van der Waals surface area contributed by atoms with Crippen molar-refractivity contribution in [2.75, 3.05) is 17.7 Å². The molecule has 20 heavy (non-hydrogen) atoms. The molecule has 0 fully saturated rings. The van der Waals surface area contributed by atoms with Crippen LogP contribution >= 0.6 is 27.5 Å². The van der Waals surface area contributed by atoms with E-state index in [1.54, 1.807) is 30.3 Å². The van der Waals surface area contributed by atoms with Gasteiger partial charge < -0.3 is 15.8 Å². The second-order valence-electron chi connectivity index (χ2n) is 4.02. The molecule has 0 aliphatic heterocycles. The van der Waals surface area contributed by atoms with Crippen LogP contribution in [-0.2, 0) is 4.79 Å². The summed E-state index contributed by atoms with van der Waals surface area (Å²) in [6.07, 6.45) is 0. The molecule has 1 amide bonds. The van der Waals surface area contributed by atoms with Crippen molar-refractivity contribution in [2.24, 2.45) is 0 Å². The minimum absolute atomic E-state index is 0.0936. The number of benzene rings is 2. The lowest BCUT2D eigenvalue weighted by atomic mass is 10.2. The van der Waals surface area contributed by atoms with E-state index in [0.717, 1.165) is 4.47 Å². The van der Waals surface area contributed by atoms with Crippen LogP contribution in [0.4, 0.5) is 11.4 Å². The number of anilines is 2. The molecule has 0 saturated carbocycles. The summed E-state index contributed by atoms with van der Waals surface area (Å²) < 4.78 is 6.31. The van der Waals surface area contributed by atoms with Crippen LogP contribution in [0, 0.1) is 0 Å². The maximum absolute atomic E-state index is 11.8. The van der Waals surface area contributed by atoms with Gasteiger partial charge in [0.15, 0.2) is 6.61 Å². The van der Waals surface area contributed by atoms with Crippen LogP contribution in [0.2, 0.25) is 5.02 Å². The maximum atomic E-state index is 11.8. The van der Waals surface area contributed by atoms with Gasteiger partial charge in [-0.2, -0.15) is 0 Å². The number of amides is 1. The monoisotopic (exact) mass is 354 g/mol. The molecule has 0 radical (unpaired) electrons. The van der Waals surface area contributed by atoms with Crippen LogP contribution in [0.1, 0.15) is 0 Å². The van der Waals surface area contributed by atoms with Gasteiger partial charge in [0.05, 0.1) is 11.4 Å². The van der Waals surface area contributed by atoms with Crippen molar-refractivity contribution in [2.45, 2.75) is 0 Å². The topological polar surface area (TPSA) is 64.3 Å². The molecule has 0 aromatic heterocycles. The molecule has 0 saturated heterocycles. The Morgan fingerprint density at radius 3 is 2.60 bits per heavy atom. The number of nitrogens with two attached hydrogens (primary N) is 1. The Labute approximate surface area is 130 Å². The second-order valence-corrected chi connectivity index (χ2v) is 5.37. The molecular weight excluding hydrogens is 344 g/mol. The van der Waals surface area contributed by atoms with E-state index in [0.29, 0.717) is 22.1 Å². The van der Waals surface area contributed by atoms with Gasteiger partial charge in [0.2, 0.25) is 0 Å². The maximum Gasteiger partial charge on any atom is 0.262 e. The van der Waals surface area contributed by atoms with Gasteiger partial charge in [-0.1, -0.05) is 27.5 Å². The van der Waals surface area contributed by atoms with Crippen molar-refractivity contribution >= 4 is 44.8 Å². The molecule has 4 nitrogen and oxygen atoms in total. The third-order valence-corrected chi connectivity index (χ3v) is 3.24. The summed E-state index contributed by atoms with van der Waals surface area (Å²) in [4.78, 5) is 11.8. The molecule has 0 heterocycles. The summed E-state index contributed by atoms with van der Waals surface area (Å²) in [6, 6.07) is 12.1. The lowest BCUT2D eigenvalue weighted by Gasteiger charge is -2.09. The molecular formula is C14H12BrClN2O2. The van der Waals surface area contributed by atoms with E-state index in [1.807, 2.05) is 12.1 Å². The largest absolute Gasteiger partial charge is 0.484 e. The molecule has 0 spiro atoms. The SMILES string of the molecule is Nc1cc(Cl)ccc1NC(=O)COc1ccc(Br)cc1. The van der Waals surface area contributed by atoms with Crippen LogP contribution in [-0.4, -0.2) is 12.5 Å². The Kier molecular flexibility index (Phi) is 4.87. The number of ether oxygens (including phenoxy) is 1. The van der Waals surface area contributed by atoms with Crippen LogP contribution in [0.3, 0.4) is 0 Å². The summed E-state index contributed by atoms with van der Waals surface area (Å²) in [6.45, 7) is -0.0936. The number of halogens is 2. The smallest absolute Gasteiger partial charge is 0.262 e. The predicted molar refractivity (Wildman–Crippen MR) is 84.1 cm³/mol. The molecule has 0 aliphatic carbocycles. The number of hydrogen-bond acceptors (Lipinski definition) is 3. The highest BCUT2D eigenvalue weighted by Gasteiger charge is 2.06. The van der Waals surface area contributed by atoms with E-state index in [-0.39, 0.29) is 12.5 Å². The second kappa shape index (κ2) is 6.63. The van der Waals surface area contributed by atoms with Crippen LogP contribution in [0.15, 0.2) is 46.9 Å². The Morgan fingerprint density at radius 2 is 1.95 bits per heavy atom. The molecule has 6 heteroatoms. The van der Waals surface area contributed by atoms with E-state index in [9.17, 15) is 4.79 Å². The highest BCUT2D eigenvalue weighted by molar-refractivity contribution is 9.10. The first kappa shape index (κ1) is 14.7. The first-order valence-corrected chi connectivity index (χ1v) is 6.95. The molecule has 0 unspecified atom stereocenters. The predicted octanol–water partition coefficient (Wildman–Crippen LogP) is 3.70. The third-order valence-electron chi connectivity index (χ3n) is 2.47. The molecule has 0 bridgehead atoms. The van der Waals surface area contributed by atoms with Gasteiger partial charge in [-0.25, -0.2) is 0 Å². The van der Waals surface area contributed by atoms with Crippen LogP contribution < -0.4 is 15.8 Å². The molecule has 2 aromatic rings. The van der Waals surface area contributed by atoms with Gasteiger partial charge in [0.25, 0.3) is 5.91 Å². The van der Waals surface area contributed by atoms with E-state index in [2.05, 4.69) is 21.2 Å². The number of nitrogens with one attached hydrogen (secondary N) is 1. The van der Waals surface area contributed by atoms with E-state index in [4.69, 9.17) is 22.1 Å². The van der Waals surface area contributed by atoms with Crippen molar-refractivity contribution in [1.29, 1.82) is 0 Å². The summed E-state index contributed by atoms with van der Waals surface area (Å²) in [5.41, 5.74) is 6.67. The van der Waals surface area contributed by atoms with Crippen LogP contribution in [0.5, 0.6) is 5.75 Å². The molecule has 0 atom stereocenters. The van der Waals surface area contributed by atoms with Crippen molar-refractivity contribution < 1.29 is 9.53 Å². The summed E-state index contributed by atoms with van der Waals surface area (Å²) in [5, 5.41) is 3.18. The summed E-state index contributed by atoms with van der Waals surface area (Å²) >= 11 is 9.11. The Balaban J connectivity index is 1.90. The molecule has 0 aliphatic rings. The highest BCUT2D eigenvalue weighted by atomic mass is 79.9. The zero-order valence-corrected chi connectivity index (χ0v) is 12.7. The van der Waals surface area contributed by atoms with Gasteiger partial charge in [0.1, 0.15) is 5.75 Å². The first-order chi connectivity index (χ1) is 9.54. The number of nitrogen functional groups attached to an aromatic ring is 1. The average Bonchev–Trinajstić information content (AvgIpc) is 2.41. The van der Waals surface area contributed by atoms with Crippen molar-refractivity contribution in [3.8, 4) is 5.75 Å². The van der Waals surface area contributed by atoms with Gasteiger partial charge in [0, 0.05) is 9.50 Å². The minimum atomic E-state index is -0.290. The Hall–Kier alpha value is -1.72. The average molecular weight is 356 g/mol. The molecule has 2 rings (SSSR count). The van der Waals surface area contributed by atoms with Gasteiger partial charge in [-0.3, -0.25) is 4.79 Å². The molecule has 104 valence electrons. The number of rotatable bonds is 4. The molecule has 3 N–H and O–H groups in total. The van der Waals surface area contributed by atoms with E-state index < -0.39 is 0 Å². The van der Waals surface area contributed by atoms with Crippen molar-refractivity contribution in [3.63, 3.8) is 0 Å². The van der Waals surface area contributed by atoms with Gasteiger partial charge >= 0.3 is 0 Å². The highest BCUT2D eigenvalue weighted by Crippen LogP contribution is 2.22. The number of carbonyl (C=O) groups is 1. The summed E-state index contributed by atoms with van der Waals surface area (Å²) in [7, 11) is 0. The lowest BCUT2D eigenvalue weighted by Crippen LogP contribution is -2.20. The minimum Gasteiger partial charge on any atom is -0.484 e. The lowest BCUT2D eigenvalue weighted by molar-refractivity contribution is -0.118. The Morgan fingerprint density at radius 1 is 1.25 bits per heavy atom. The standard InChI is InChI=1S/C14H12BrClN2O2/c15-9-1-4-11(5-2-9)20-8-14(19)18-13-6-3-10(16)7-12(13)17/h1-7H,8,17H2,(H,18,19). The quantitative estimate of drug-likeness (QED) is 0.822. The molecule has 2 aromatic carbocycles. The van der Waals surface area contributed by atoms with Crippen LogP contribution in [0.25, 0.3) is 0 Å².